The van der Waals surface area contributed by atoms with Gasteiger partial charge < -0.3 is 30.1 Å². The highest BCUT2D eigenvalue weighted by molar-refractivity contribution is 6.01. The van der Waals surface area contributed by atoms with Crippen molar-refractivity contribution >= 4 is 40.7 Å². The van der Waals surface area contributed by atoms with E-state index in [0.717, 1.165) is 11.6 Å². The normalized spacial score (nSPS) is 11.2. The third-order valence-corrected chi connectivity index (χ3v) is 5.77. The number of carboxylic acid groups (broad SMARTS) is 1. The Morgan fingerprint density at radius 1 is 1.03 bits per heavy atom. The molecule has 0 aliphatic heterocycles. The number of para-hydroxylation sites is 1. The number of carboxylic acids is 1. The minimum Gasteiger partial charge on any atom is -0.494 e. The van der Waals surface area contributed by atoms with Gasteiger partial charge in [-0.25, -0.2) is 9.59 Å². The number of aromatic carboxylic acids is 1. The first-order valence-corrected chi connectivity index (χ1v) is 11.8. The molecule has 0 spiro atoms. The van der Waals surface area contributed by atoms with Crippen molar-refractivity contribution < 1.29 is 33.9 Å². The molecule has 3 aromatic rings. The molecule has 204 valence electrons. The number of methoxy groups -OCH3 is 1. The van der Waals surface area contributed by atoms with Crippen LogP contribution in [-0.4, -0.2) is 47.7 Å². The standard InChI is InChI=1S/C27H28N4O8/c1-16-7-5-6-8-21(16)28-27(35)29-22-11-10-20(14-25(22)38-4)30(18(3)32)17(2)15-39-24-12-9-19(26(33)34)13-23(24)31(36)37/h5-14,17H,15H2,1-4H3,(H,33,34)(H2,28,29,35). The van der Waals surface area contributed by atoms with Crippen LogP contribution >= 0.6 is 0 Å². The van der Waals surface area contributed by atoms with Crippen LogP contribution in [0.4, 0.5) is 27.5 Å². The Balaban J connectivity index is 1.77. The zero-order valence-electron chi connectivity index (χ0n) is 21.8. The smallest absolute Gasteiger partial charge is 0.335 e. The average molecular weight is 537 g/mol. The number of urea groups is 1. The van der Waals surface area contributed by atoms with E-state index in [0.29, 0.717) is 22.8 Å². The SMILES string of the molecule is COc1cc(N(C(C)=O)C(C)COc2ccc(C(=O)O)cc2[N+](=O)[O-])ccc1NC(=O)Nc1ccccc1C. The molecule has 1 unspecified atom stereocenters. The average Bonchev–Trinajstić information content (AvgIpc) is 2.89. The zero-order chi connectivity index (χ0) is 28.7. The molecule has 3 aromatic carbocycles. The Kier molecular flexibility index (Phi) is 9.05. The minimum atomic E-state index is -1.31. The van der Waals surface area contributed by atoms with Gasteiger partial charge in [0.15, 0.2) is 5.75 Å². The van der Waals surface area contributed by atoms with Crippen LogP contribution in [0.5, 0.6) is 11.5 Å². The predicted octanol–water partition coefficient (Wildman–Crippen LogP) is 5.07. The maximum absolute atomic E-state index is 12.6. The molecule has 0 fully saturated rings. The number of nitrogens with one attached hydrogen (secondary N) is 2. The largest absolute Gasteiger partial charge is 0.494 e. The second-order valence-electron chi connectivity index (χ2n) is 8.57. The summed E-state index contributed by atoms with van der Waals surface area (Å²) < 4.78 is 11.1. The predicted molar refractivity (Wildman–Crippen MR) is 145 cm³/mol. The molecule has 0 saturated carbocycles. The topological polar surface area (TPSA) is 160 Å². The number of carbonyl (C=O) groups excluding carboxylic acids is 2. The van der Waals surface area contributed by atoms with Gasteiger partial charge in [0, 0.05) is 30.4 Å². The second-order valence-corrected chi connectivity index (χ2v) is 8.57. The van der Waals surface area contributed by atoms with Crippen LogP contribution < -0.4 is 25.0 Å². The molecule has 0 aliphatic carbocycles. The number of anilines is 3. The molecule has 1 atom stereocenters. The first-order chi connectivity index (χ1) is 18.5. The highest BCUT2D eigenvalue weighted by atomic mass is 16.6. The van der Waals surface area contributed by atoms with E-state index in [1.54, 1.807) is 31.2 Å². The lowest BCUT2D eigenvalue weighted by molar-refractivity contribution is -0.385. The van der Waals surface area contributed by atoms with Crippen molar-refractivity contribution in [1.29, 1.82) is 0 Å². The van der Waals surface area contributed by atoms with E-state index in [4.69, 9.17) is 14.6 Å². The molecule has 0 heterocycles. The summed E-state index contributed by atoms with van der Waals surface area (Å²) in [7, 11) is 1.42. The van der Waals surface area contributed by atoms with Gasteiger partial charge in [0.2, 0.25) is 5.91 Å². The Bertz CT molecular complexity index is 1410. The Labute approximate surface area is 224 Å². The van der Waals surface area contributed by atoms with Crippen LogP contribution in [0.15, 0.2) is 60.7 Å². The summed E-state index contributed by atoms with van der Waals surface area (Å²) >= 11 is 0. The molecule has 12 heteroatoms. The van der Waals surface area contributed by atoms with Crippen molar-refractivity contribution in [3.05, 3.63) is 81.9 Å². The molecule has 3 rings (SSSR count). The van der Waals surface area contributed by atoms with Gasteiger partial charge >= 0.3 is 17.7 Å². The van der Waals surface area contributed by atoms with Crippen molar-refractivity contribution in [3.63, 3.8) is 0 Å². The number of benzene rings is 3. The lowest BCUT2D eigenvalue weighted by atomic mass is 10.2. The molecule has 0 bridgehead atoms. The number of hydrogen-bond acceptors (Lipinski definition) is 7. The number of hydrogen-bond donors (Lipinski definition) is 3. The van der Waals surface area contributed by atoms with Crippen LogP contribution in [-0.2, 0) is 4.79 Å². The number of nitrogens with zero attached hydrogens (tertiary/aromatic N) is 2. The molecule has 0 radical (unpaired) electrons. The summed E-state index contributed by atoms with van der Waals surface area (Å²) in [6.45, 7) is 4.78. The Morgan fingerprint density at radius 2 is 1.72 bits per heavy atom. The number of nitro benzene ring substituents is 1. The molecule has 3 amide bonds. The minimum absolute atomic E-state index is 0.128. The van der Waals surface area contributed by atoms with Crippen LogP contribution in [0.1, 0.15) is 29.8 Å². The maximum Gasteiger partial charge on any atom is 0.335 e. The zero-order valence-corrected chi connectivity index (χ0v) is 21.8. The number of rotatable bonds is 10. The quantitative estimate of drug-likeness (QED) is 0.239. The fourth-order valence-corrected chi connectivity index (χ4v) is 3.87. The summed E-state index contributed by atoms with van der Waals surface area (Å²) in [6, 6.07) is 14.4. The number of amides is 3. The van der Waals surface area contributed by atoms with E-state index in [-0.39, 0.29) is 23.8 Å². The number of carbonyl (C=O) groups is 3. The van der Waals surface area contributed by atoms with Crippen LogP contribution in [0, 0.1) is 17.0 Å². The van der Waals surface area contributed by atoms with E-state index >= 15 is 0 Å². The van der Waals surface area contributed by atoms with Gasteiger partial charge in [-0.3, -0.25) is 14.9 Å². The van der Waals surface area contributed by atoms with Gasteiger partial charge in [-0.1, -0.05) is 18.2 Å². The van der Waals surface area contributed by atoms with E-state index in [2.05, 4.69) is 10.6 Å². The maximum atomic E-state index is 12.6. The van der Waals surface area contributed by atoms with Gasteiger partial charge in [-0.2, -0.15) is 0 Å². The van der Waals surface area contributed by atoms with Crippen molar-refractivity contribution in [2.75, 3.05) is 29.3 Å². The highest BCUT2D eigenvalue weighted by Gasteiger charge is 2.24. The molecule has 0 saturated heterocycles. The fraction of sp³-hybridized carbons (Fsp3) is 0.222. The summed E-state index contributed by atoms with van der Waals surface area (Å²) in [5, 5.41) is 26.0. The third kappa shape index (κ3) is 7.01. The van der Waals surface area contributed by atoms with Gasteiger partial charge in [-0.15, -0.1) is 0 Å². The van der Waals surface area contributed by atoms with E-state index in [1.807, 2.05) is 25.1 Å². The van der Waals surface area contributed by atoms with Crippen molar-refractivity contribution in [3.8, 4) is 11.5 Å². The Hall–Kier alpha value is -5.13. The molecule has 0 aliphatic rings. The summed E-state index contributed by atoms with van der Waals surface area (Å²) in [4.78, 5) is 48.4. The number of nitro groups is 1. The van der Waals surface area contributed by atoms with Gasteiger partial charge in [0.1, 0.15) is 12.4 Å². The highest BCUT2D eigenvalue weighted by Crippen LogP contribution is 2.32. The first kappa shape index (κ1) is 28.4. The summed E-state index contributed by atoms with van der Waals surface area (Å²) in [5.41, 5.74) is 1.61. The van der Waals surface area contributed by atoms with Gasteiger partial charge in [-0.05, 0) is 49.7 Å². The molecular formula is C27H28N4O8. The Morgan fingerprint density at radius 3 is 2.33 bits per heavy atom. The lowest BCUT2D eigenvalue weighted by Crippen LogP contribution is -2.41. The van der Waals surface area contributed by atoms with E-state index < -0.39 is 28.7 Å². The van der Waals surface area contributed by atoms with Crippen molar-refractivity contribution in [1.82, 2.24) is 0 Å². The summed E-state index contributed by atoms with van der Waals surface area (Å²) in [6.07, 6.45) is 0. The number of ether oxygens (including phenoxy) is 2. The molecular weight excluding hydrogens is 508 g/mol. The van der Waals surface area contributed by atoms with E-state index in [9.17, 15) is 24.5 Å². The van der Waals surface area contributed by atoms with Crippen LogP contribution in [0.3, 0.4) is 0 Å². The van der Waals surface area contributed by atoms with Crippen LogP contribution in [0.25, 0.3) is 0 Å². The molecule has 39 heavy (non-hydrogen) atoms. The van der Waals surface area contributed by atoms with Gasteiger partial charge in [0.25, 0.3) is 0 Å². The molecule has 3 N–H and O–H groups in total. The van der Waals surface area contributed by atoms with Crippen LogP contribution in [0.2, 0.25) is 0 Å². The van der Waals surface area contributed by atoms with Crippen molar-refractivity contribution in [2.45, 2.75) is 26.8 Å². The summed E-state index contributed by atoms with van der Waals surface area (Å²) in [5.74, 6) is -1.47. The third-order valence-electron chi connectivity index (χ3n) is 5.77. The monoisotopic (exact) mass is 536 g/mol. The lowest BCUT2D eigenvalue weighted by Gasteiger charge is -2.29. The number of aryl methyl sites for hydroxylation is 1. The molecule has 12 nitrogen and oxygen atoms in total. The van der Waals surface area contributed by atoms with Crippen molar-refractivity contribution in [2.24, 2.45) is 0 Å². The molecule has 0 aromatic heterocycles. The van der Waals surface area contributed by atoms with E-state index in [1.165, 1.54) is 31.1 Å². The second kappa shape index (κ2) is 12.4. The van der Waals surface area contributed by atoms with Gasteiger partial charge in [0.05, 0.1) is 29.3 Å². The fourth-order valence-electron chi connectivity index (χ4n) is 3.87. The first-order valence-electron chi connectivity index (χ1n) is 11.8.